The van der Waals surface area contributed by atoms with Gasteiger partial charge in [0, 0.05) is 17.4 Å². The third kappa shape index (κ3) is 3.74. The summed E-state index contributed by atoms with van der Waals surface area (Å²) in [7, 11) is 1.57. The van der Waals surface area contributed by atoms with Crippen LogP contribution in [0.1, 0.15) is 49.4 Å². The lowest BCUT2D eigenvalue weighted by molar-refractivity contribution is 0.0980. The number of methoxy groups -OCH3 is 1. The summed E-state index contributed by atoms with van der Waals surface area (Å²) in [4.78, 5) is 12.6. The topological polar surface area (TPSA) is 59.7 Å². The number of ketones is 1. The number of phenolic OH excluding ortho intramolecular Hbond substituents is 1. The predicted molar refractivity (Wildman–Crippen MR) is 103 cm³/mol. The van der Waals surface area contributed by atoms with Crippen molar-refractivity contribution in [1.82, 2.24) is 0 Å². The van der Waals surface area contributed by atoms with Gasteiger partial charge in [-0.15, -0.1) is 0 Å². The molecule has 0 saturated carbocycles. The molecule has 1 aromatic heterocycles. The van der Waals surface area contributed by atoms with Crippen molar-refractivity contribution in [2.75, 3.05) is 7.11 Å². The summed E-state index contributed by atoms with van der Waals surface area (Å²) >= 11 is 0. The highest BCUT2D eigenvalue weighted by Crippen LogP contribution is 2.37. The second-order valence-electron chi connectivity index (χ2n) is 6.44. The van der Waals surface area contributed by atoms with E-state index >= 15 is 0 Å². The van der Waals surface area contributed by atoms with Crippen LogP contribution in [0.5, 0.6) is 11.5 Å². The molecule has 4 nitrogen and oxygen atoms in total. The van der Waals surface area contributed by atoms with Gasteiger partial charge in [-0.1, -0.05) is 38.3 Å². The molecule has 3 rings (SSSR count). The fourth-order valence-electron chi connectivity index (χ4n) is 3.12. The number of carbonyl (C=O) groups is 1. The number of ether oxygens (including phenoxy) is 1. The smallest absolute Gasteiger partial charge is 0.163 e. The van der Waals surface area contributed by atoms with E-state index in [0.29, 0.717) is 34.6 Å². The molecular formula is C22H24O4. The zero-order chi connectivity index (χ0) is 18.5. The minimum Gasteiger partial charge on any atom is -0.507 e. The molecule has 0 aliphatic carbocycles. The average Bonchev–Trinajstić information content (AvgIpc) is 3.09. The Hall–Kier alpha value is -2.75. The van der Waals surface area contributed by atoms with E-state index in [0.717, 1.165) is 31.1 Å². The molecule has 26 heavy (non-hydrogen) atoms. The summed E-state index contributed by atoms with van der Waals surface area (Å²) in [6, 6.07) is 12.3. The summed E-state index contributed by atoms with van der Waals surface area (Å²) in [6.45, 7) is 2.16. The van der Waals surface area contributed by atoms with Crippen molar-refractivity contribution in [2.24, 2.45) is 0 Å². The molecular weight excluding hydrogens is 328 g/mol. The van der Waals surface area contributed by atoms with Gasteiger partial charge >= 0.3 is 0 Å². The molecule has 136 valence electrons. The van der Waals surface area contributed by atoms with Crippen LogP contribution in [0, 0.1) is 0 Å². The quantitative estimate of drug-likeness (QED) is 0.401. The fraction of sp³-hybridized carbons (Fsp3) is 0.318. The molecule has 0 atom stereocenters. The Morgan fingerprint density at radius 1 is 1.12 bits per heavy atom. The number of phenols is 1. The number of fused-ring (bicyclic) bond motifs is 1. The summed E-state index contributed by atoms with van der Waals surface area (Å²) in [5, 5.41) is 11.0. The maximum atomic E-state index is 12.6. The van der Waals surface area contributed by atoms with E-state index in [2.05, 4.69) is 6.92 Å². The van der Waals surface area contributed by atoms with Gasteiger partial charge in [0.05, 0.1) is 12.7 Å². The monoisotopic (exact) mass is 352 g/mol. The lowest BCUT2D eigenvalue weighted by atomic mass is 10.0. The lowest BCUT2D eigenvalue weighted by Crippen LogP contribution is -1.99. The molecule has 0 radical (unpaired) electrons. The third-order valence-corrected chi connectivity index (χ3v) is 4.59. The van der Waals surface area contributed by atoms with Gasteiger partial charge in [-0.25, -0.2) is 0 Å². The van der Waals surface area contributed by atoms with E-state index in [1.54, 1.807) is 25.3 Å². The van der Waals surface area contributed by atoms with Crippen LogP contribution in [0.3, 0.4) is 0 Å². The van der Waals surface area contributed by atoms with Crippen LogP contribution in [0.15, 0.2) is 46.9 Å². The van der Waals surface area contributed by atoms with Crippen molar-refractivity contribution in [3.8, 4) is 22.8 Å². The average molecular weight is 352 g/mol. The highest BCUT2D eigenvalue weighted by Gasteiger charge is 2.16. The Labute approximate surface area is 153 Å². The van der Waals surface area contributed by atoms with Crippen molar-refractivity contribution < 1.29 is 19.1 Å². The van der Waals surface area contributed by atoms with E-state index < -0.39 is 0 Å². The second-order valence-corrected chi connectivity index (χ2v) is 6.44. The lowest BCUT2D eigenvalue weighted by Gasteiger charge is -2.04. The SMILES string of the molecule is CCCCCCC(=O)c1cccc2oc(-c3cc(OC)ccc3O)cc12. The highest BCUT2D eigenvalue weighted by atomic mass is 16.5. The van der Waals surface area contributed by atoms with Crippen molar-refractivity contribution in [3.05, 3.63) is 48.0 Å². The normalized spacial score (nSPS) is 11.0. The number of hydrogen-bond donors (Lipinski definition) is 1. The summed E-state index contributed by atoms with van der Waals surface area (Å²) < 4.78 is 11.1. The molecule has 0 aliphatic heterocycles. The van der Waals surface area contributed by atoms with Crippen LogP contribution >= 0.6 is 0 Å². The summed E-state index contributed by atoms with van der Waals surface area (Å²) in [6.07, 6.45) is 4.84. The van der Waals surface area contributed by atoms with E-state index in [1.807, 2.05) is 24.3 Å². The first kappa shape index (κ1) is 18.1. The van der Waals surface area contributed by atoms with E-state index in [1.165, 1.54) is 0 Å². The molecule has 2 aromatic carbocycles. The largest absolute Gasteiger partial charge is 0.507 e. The molecule has 1 N–H and O–H groups in total. The number of aromatic hydroxyl groups is 1. The van der Waals surface area contributed by atoms with E-state index in [-0.39, 0.29) is 11.5 Å². The van der Waals surface area contributed by atoms with Gasteiger partial charge < -0.3 is 14.3 Å². The number of unbranched alkanes of at least 4 members (excludes halogenated alkanes) is 3. The Morgan fingerprint density at radius 2 is 1.96 bits per heavy atom. The Morgan fingerprint density at radius 3 is 2.73 bits per heavy atom. The number of carbonyl (C=O) groups excluding carboxylic acids is 1. The molecule has 3 aromatic rings. The van der Waals surface area contributed by atoms with Crippen molar-refractivity contribution in [1.29, 1.82) is 0 Å². The Kier molecular flexibility index (Phi) is 5.61. The van der Waals surface area contributed by atoms with Crippen LogP contribution in [-0.2, 0) is 0 Å². The Balaban J connectivity index is 1.93. The molecule has 0 saturated heterocycles. The van der Waals surface area contributed by atoms with Crippen molar-refractivity contribution >= 4 is 16.8 Å². The molecule has 4 heteroatoms. The highest BCUT2D eigenvalue weighted by molar-refractivity contribution is 6.08. The van der Waals surface area contributed by atoms with E-state index in [9.17, 15) is 9.90 Å². The van der Waals surface area contributed by atoms with Gasteiger partial charge in [0.2, 0.25) is 0 Å². The standard InChI is InChI=1S/C22H24O4/c1-3-4-5-6-9-19(23)16-8-7-10-21-17(16)14-22(26-21)18-13-15(25-2)11-12-20(18)24/h7-8,10-14,24H,3-6,9H2,1-2H3. The predicted octanol–water partition coefficient (Wildman–Crippen LogP) is 5.97. The number of furan rings is 1. The van der Waals surface area contributed by atoms with Gasteiger partial charge in [0.15, 0.2) is 5.78 Å². The molecule has 1 heterocycles. The van der Waals surface area contributed by atoms with E-state index in [4.69, 9.17) is 9.15 Å². The first-order valence-corrected chi connectivity index (χ1v) is 9.07. The minimum absolute atomic E-state index is 0.109. The number of rotatable bonds is 8. The zero-order valence-electron chi connectivity index (χ0n) is 15.2. The Bertz CT molecular complexity index is 908. The molecule has 0 spiro atoms. The van der Waals surface area contributed by atoms with Gasteiger partial charge in [-0.3, -0.25) is 4.79 Å². The van der Waals surface area contributed by atoms with Gasteiger partial charge in [-0.05, 0) is 36.8 Å². The first-order chi connectivity index (χ1) is 12.6. The van der Waals surface area contributed by atoms with Gasteiger partial charge in [0.25, 0.3) is 0 Å². The molecule has 0 fully saturated rings. The zero-order valence-corrected chi connectivity index (χ0v) is 15.2. The van der Waals surface area contributed by atoms with Crippen LogP contribution in [-0.4, -0.2) is 18.0 Å². The third-order valence-electron chi connectivity index (χ3n) is 4.59. The number of hydrogen-bond acceptors (Lipinski definition) is 4. The molecule has 0 unspecified atom stereocenters. The number of benzene rings is 2. The molecule has 0 amide bonds. The van der Waals surface area contributed by atoms with Gasteiger partial charge in [0.1, 0.15) is 22.8 Å². The maximum absolute atomic E-state index is 12.6. The van der Waals surface area contributed by atoms with Gasteiger partial charge in [-0.2, -0.15) is 0 Å². The van der Waals surface area contributed by atoms with Crippen LogP contribution in [0.2, 0.25) is 0 Å². The second kappa shape index (κ2) is 8.09. The maximum Gasteiger partial charge on any atom is 0.163 e. The summed E-state index contributed by atoms with van der Waals surface area (Å²) in [5.74, 6) is 1.39. The van der Waals surface area contributed by atoms with Crippen LogP contribution in [0.4, 0.5) is 0 Å². The minimum atomic E-state index is 0.109. The van der Waals surface area contributed by atoms with Crippen molar-refractivity contribution in [3.63, 3.8) is 0 Å². The van der Waals surface area contributed by atoms with Crippen LogP contribution in [0.25, 0.3) is 22.3 Å². The fourth-order valence-corrected chi connectivity index (χ4v) is 3.12. The van der Waals surface area contributed by atoms with Crippen molar-refractivity contribution in [2.45, 2.75) is 39.0 Å². The molecule has 0 aliphatic rings. The first-order valence-electron chi connectivity index (χ1n) is 9.07. The van der Waals surface area contributed by atoms with Crippen LogP contribution < -0.4 is 4.74 Å². The summed E-state index contributed by atoms with van der Waals surface area (Å²) in [5.41, 5.74) is 1.86. The number of Topliss-reactive ketones (excluding diaryl/α,β-unsaturated/α-hetero) is 1. The molecule has 0 bridgehead atoms.